The molecule has 0 bridgehead atoms. The second-order valence-corrected chi connectivity index (χ2v) is 6.75. The highest BCUT2D eigenvalue weighted by Crippen LogP contribution is 2.47. The molecule has 2 nitrogen and oxygen atoms in total. The van der Waals surface area contributed by atoms with E-state index in [1.165, 1.54) is 37.9 Å². The molecule has 0 amide bonds. The molecular weight excluding hydrogens is 234 g/mol. The van der Waals surface area contributed by atoms with Crippen LogP contribution < -0.4 is 0 Å². The van der Waals surface area contributed by atoms with Crippen LogP contribution in [0.15, 0.2) is 23.8 Å². The fourth-order valence-electron chi connectivity index (χ4n) is 3.50. The topological polar surface area (TPSA) is 20.3 Å². The van der Waals surface area contributed by atoms with Crippen LogP contribution in [0.3, 0.4) is 0 Å². The summed E-state index contributed by atoms with van der Waals surface area (Å²) in [6.45, 7) is 11.0. The molecule has 2 heteroatoms. The van der Waals surface area contributed by atoms with Crippen LogP contribution >= 0.6 is 0 Å². The molecule has 0 spiro atoms. The minimum absolute atomic E-state index is 0.0186. The Bertz CT molecular complexity index is 413. The van der Waals surface area contributed by atoms with Crippen molar-refractivity contribution in [3.05, 3.63) is 23.8 Å². The van der Waals surface area contributed by atoms with E-state index in [0.29, 0.717) is 6.42 Å². The average Bonchev–Trinajstić information content (AvgIpc) is 2.36. The van der Waals surface area contributed by atoms with Gasteiger partial charge >= 0.3 is 0 Å². The Balaban J connectivity index is 2.28. The minimum atomic E-state index is 0.0186. The van der Waals surface area contributed by atoms with Gasteiger partial charge in [0, 0.05) is 17.4 Å². The zero-order valence-corrected chi connectivity index (χ0v) is 12.8. The number of allylic oxidation sites excluding steroid dienone is 2. The van der Waals surface area contributed by atoms with Crippen LogP contribution in [0.1, 0.15) is 53.4 Å². The molecule has 0 aromatic carbocycles. The molecule has 2 aliphatic rings. The van der Waals surface area contributed by atoms with Gasteiger partial charge < -0.3 is 0 Å². The normalized spacial score (nSPS) is 31.1. The first-order valence-electron chi connectivity index (χ1n) is 7.51. The highest BCUT2D eigenvalue weighted by molar-refractivity contribution is 5.78. The van der Waals surface area contributed by atoms with E-state index in [4.69, 9.17) is 0 Å². The molecule has 1 aliphatic carbocycles. The zero-order chi connectivity index (χ0) is 14.1. The van der Waals surface area contributed by atoms with E-state index in [0.717, 1.165) is 0 Å². The molecule has 0 N–H and O–H groups in total. The fraction of sp³-hybridized carbons (Fsp3) is 0.706. The summed E-state index contributed by atoms with van der Waals surface area (Å²) in [5, 5.41) is 0. The first kappa shape index (κ1) is 14.5. The molecule has 1 atom stereocenters. The Labute approximate surface area is 117 Å². The van der Waals surface area contributed by atoms with Gasteiger partial charge in [-0.25, -0.2) is 0 Å². The lowest BCUT2D eigenvalue weighted by Gasteiger charge is -2.53. The SMILES string of the molecule is CC(=O)CC1=CC=CC(C)(N2CCCCC2)C1(C)C. The molecule has 0 saturated carbocycles. The van der Waals surface area contributed by atoms with E-state index < -0.39 is 0 Å². The van der Waals surface area contributed by atoms with Gasteiger partial charge in [-0.3, -0.25) is 9.69 Å². The van der Waals surface area contributed by atoms with Crippen molar-refractivity contribution < 1.29 is 4.79 Å². The van der Waals surface area contributed by atoms with E-state index in [1.54, 1.807) is 6.92 Å². The summed E-state index contributed by atoms with van der Waals surface area (Å²) in [6, 6.07) is 0. The summed E-state index contributed by atoms with van der Waals surface area (Å²) < 4.78 is 0. The molecule has 1 aliphatic heterocycles. The molecule has 1 saturated heterocycles. The summed E-state index contributed by atoms with van der Waals surface area (Å²) >= 11 is 0. The van der Waals surface area contributed by atoms with Crippen molar-refractivity contribution in [1.29, 1.82) is 0 Å². The average molecular weight is 261 g/mol. The smallest absolute Gasteiger partial charge is 0.133 e. The molecule has 2 rings (SSSR count). The van der Waals surface area contributed by atoms with E-state index in [1.807, 2.05) is 0 Å². The number of piperidine rings is 1. The van der Waals surface area contributed by atoms with Gasteiger partial charge in [0.1, 0.15) is 5.78 Å². The number of nitrogens with zero attached hydrogens (tertiary/aromatic N) is 1. The number of hydrogen-bond donors (Lipinski definition) is 0. The van der Waals surface area contributed by atoms with E-state index >= 15 is 0 Å². The lowest BCUT2D eigenvalue weighted by atomic mass is 9.63. The first-order valence-corrected chi connectivity index (χ1v) is 7.51. The van der Waals surface area contributed by atoms with Crippen LogP contribution in [0.25, 0.3) is 0 Å². The molecule has 106 valence electrons. The molecular formula is C17H27NO. The summed E-state index contributed by atoms with van der Waals surface area (Å²) in [5.41, 5.74) is 1.33. The maximum absolute atomic E-state index is 11.5. The number of likely N-dealkylation sites (tertiary alicyclic amines) is 1. The standard InChI is InChI=1S/C17H27NO/c1-14(19)13-15-9-8-10-17(4,16(15,2)3)18-11-6-5-7-12-18/h8-10H,5-7,11-13H2,1-4H3. The lowest BCUT2D eigenvalue weighted by Crippen LogP contribution is -2.57. The van der Waals surface area contributed by atoms with Crippen LogP contribution in [0.4, 0.5) is 0 Å². The Hall–Kier alpha value is -0.890. The largest absolute Gasteiger partial charge is 0.300 e. The highest BCUT2D eigenvalue weighted by atomic mass is 16.1. The number of Topliss-reactive ketones (excluding diaryl/α,β-unsaturated/α-hetero) is 1. The maximum atomic E-state index is 11.5. The van der Waals surface area contributed by atoms with Crippen molar-refractivity contribution in [2.75, 3.05) is 13.1 Å². The quantitative estimate of drug-likeness (QED) is 0.771. The Morgan fingerprint density at radius 3 is 2.42 bits per heavy atom. The third-order valence-electron chi connectivity index (χ3n) is 5.24. The molecule has 19 heavy (non-hydrogen) atoms. The van der Waals surface area contributed by atoms with E-state index in [9.17, 15) is 4.79 Å². The molecule has 1 heterocycles. The predicted molar refractivity (Wildman–Crippen MR) is 80.1 cm³/mol. The van der Waals surface area contributed by atoms with Gasteiger partial charge in [-0.05, 0) is 39.8 Å². The number of carbonyl (C=O) groups excluding carboxylic acids is 1. The number of rotatable bonds is 3. The van der Waals surface area contributed by atoms with Gasteiger partial charge in [0.2, 0.25) is 0 Å². The first-order chi connectivity index (χ1) is 8.88. The van der Waals surface area contributed by atoms with Crippen molar-refractivity contribution in [2.24, 2.45) is 5.41 Å². The summed E-state index contributed by atoms with van der Waals surface area (Å²) in [6.07, 6.45) is 11.2. The summed E-state index contributed by atoms with van der Waals surface area (Å²) in [7, 11) is 0. The second kappa shape index (κ2) is 5.24. The van der Waals surface area contributed by atoms with Crippen molar-refractivity contribution in [3.8, 4) is 0 Å². The molecule has 1 fully saturated rings. The van der Waals surface area contributed by atoms with Crippen LogP contribution in [0.2, 0.25) is 0 Å². The third kappa shape index (κ3) is 2.55. The Morgan fingerprint density at radius 2 is 1.84 bits per heavy atom. The number of hydrogen-bond acceptors (Lipinski definition) is 2. The van der Waals surface area contributed by atoms with Crippen molar-refractivity contribution in [3.63, 3.8) is 0 Å². The van der Waals surface area contributed by atoms with Gasteiger partial charge in [0.15, 0.2) is 0 Å². The van der Waals surface area contributed by atoms with Crippen molar-refractivity contribution >= 4 is 5.78 Å². The number of ketones is 1. The van der Waals surface area contributed by atoms with Gasteiger partial charge in [0.25, 0.3) is 0 Å². The van der Waals surface area contributed by atoms with Crippen molar-refractivity contribution in [1.82, 2.24) is 4.90 Å². The number of carbonyl (C=O) groups is 1. The van der Waals surface area contributed by atoms with E-state index in [2.05, 4.69) is 43.9 Å². The Morgan fingerprint density at radius 1 is 1.21 bits per heavy atom. The molecule has 1 unspecified atom stereocenters. The van der Waals surface area contributed by atoms with Crippen LogP contribution in [-0.4, -0.2) is 29.3 Å². The maximum Gasteiger partial charge on any atom is 0.133 e. The van der Waals surface area contributed by atoms with Crippen LogP contribution in [0.5, 0.6) is 0 Å². The van der Waals surface area contributed by atoms with Crippen molar-refractivity contribution in [2.45, 2.75) is 58.9 Å². The highest BCUT2D eigenvalue weighted by Gasteiger charge is 2.47. The second-order valence-electron chi connectivity index (χ2n) is 6.75. The molecule has 0 aromatic rings. The van der Waals surface area contributed by atoms with E-state index in [-0.39, 0.29) is 16.7 Å². The van der Waals surface area contributed by atoms with Gasteiger partial charge in [-0.15, -0.1) is 0 Å². The van der Waals surface area contributed by atoms with Crippen LogP contribution in [-0.2, 0) is 4.79 Å². The van der Waals surface area contributed by atoms with Crippen LogP contribution in [0, 0.1) is 5.41 Å². The fourth-order valence-corrected chi connectivity index (χ4v) is 3.50. The lowest BCUT2D eigenvalue weighted by molar-refractivity contribution is -0.116. The summed E-state index contributed by atoms with van der Waals surface area (Å²) in [4.78, 5) is 14.1. The third-order valence-corrected chi connectivity index (χ3v) is 5.24. The summed E-state index contributed by atoms with van der Waals surface area (Å²) in [5.74, 6) is 0.260. The Kier molecular flexibility index (Phi) is 4.00. The monoisotopic (exact) mass is 261 g/mol. The van der Waals surface area contributed by atoms with Gasteiger partial charge in [0.05, 0.1) is 0 Å². The van der Waals surface area contributed by atoms with Gasteiger partial charge in [-0.1, -0.05) is 44.1 Å². The predicted octanol–water partition coefficient (Wildman–Crippen LogP) is 3.73. The molecule has 0 radical (unpaired) electrons. The minimum Gasteiger partial charge on any atom is -0.300 e. The molecule has 0 aromatic heterocycles. The zero-order valence-electron chi connectivity index (χ0n) is 12.8. The van der Waals surface area contributed by atoms with Gasteiger partial charge in [-0.2, -0.15) is 0 Å².